The Kier molecular flexibility index (Phi) is 3.36. The molecule has 0 amide bonds. The molecule has 0 atom stereocenters. The molecule has 13 heavy (non-hydrogen) atoms. The highest BCUT2D eigenvalue weighted by atomic mass is 16.7. The lowest BCUT2D eigenvalue weighted by Gasteiger charge is -2.08. The van der Waals surface area contributed by atoms with Crippen molar-refractivity contribution in [3.63, 3.8) is 0 Å². The van der Waals surface area contributed by atoms with Crippen LogP contribution in [0.3, 0.4) is 0 Å². The molecule has 0 bridgehead atoms. The maximum atomic E-state index is 8.31. The van der Waals surface area contributed by atoms with Crippen molar-refractivity contribution in [2.24, 2.45) is 0 Å². The van der Waals surface area contributed by atoms with E-state index < -0.39 is 0 Å². The molecule has 0 heterocycles. The molecule has 0 radical (unpaired) electrons. The molecule has 0 saturated carbocycles. The smallest absolute Gasteiger partial charge is 0.191 e. The van der Waals surface area contributed by atoms with Crippen LogP contribution >= 0.6 is 0 Å². The van der Waals surface area contributed by atoms with Crippen LogP contribution < -0.4 is 16.2 Å². The Morgan fingerprint density at radius 2 is 2.08 bits per heavy atom. The van der Waals surface area contributed by atoms with Crippen LogP contribution in [0.1, 0.15) is 0 Å². The zero-order valence-corrected chi connectivity index (χ0v) is 7.06. The summed E-state index contributed by atoms with van der Waals surface area (Å²) in [5, 5.41) is 8.31. The van der Waals surface area contributed by atoms with Crippen molar-refractivity contribution in [1.82, 2.24) is 0 Å². The van der Waals surface area contributed by atoms with Crippen LogP contribution in [0.25, 0.3) is 0 Å². The van der Waals surface area contributed by atoms with Crippen molar-refractivity contribution in [1.29, 1.82) is 0 Å². The Balaban J connectivity index is 2.59. The zero-order chi connectivity index (χ0) is 9.68. The van der Waals surface area contributed by atoms with Crippen LogP contribution in [0.15, 0.2) is 18.2 Å². The van der Waals surface area contributed by atoms with Gasteiger partial charge in [0.2, 0.25) is 0 Å². The molecule has 0 aliphatic carbocycles. The number of aliphatic hydroxyl groups is 1. The maximum absolute atomic E-state index is 8.31. The van der Waals surface area contributed by atoms with Crippen LogP contribution in [0, 0.1) is 0 Å². The molecular weight excluding hydrogens is 172 g/mol. The Hall–Kier alpha value is -1.46. The average Bonchev–Trinajstić information content (AvgIpc) is 2.11. The molecule has 0 aliphatic rings. The van der Waals surface area contributed by atoms with Crippen LogP contribution in [-0.2, 0) is 4.74 Å². The van der Waals surface area contributed by atoms with Crippen molar-refractivity contribution in [2.75, 3.05) is 25.1 Å². The number of anilines is 2. The first-order valence-corrected chi connectivity index (χ1v) is 3.70. The van der Waals surface area contributed by atoms with E-state index >= 15 is 0 Å². The molecular formula is C8H12N2O3. The second-order valence-electron chi connectivity index (χ2n) is 2.39. The minimum absolute atomic E-state index is 0.0514. The summed E-state index contributed by atoms with van der Waals surface area (Å²) in [6, 6.07) is 4.91. The fourth-order valence-electron chi connectivity index (χ4n) is 0.818. The van der Waals surface area contributed by atoms with Gasteiger partial charge in [0, 0.05) is 11.8 Å². The van der Waals surface area contributed by atoms with E-state index in [4.69, 9.17) is 21.3 Å². The summed E-state index contributed by atoms with van der Waals surface area (Å²) in [4.78, 5) is 0. The number of nitrogen functional groups attached to an aromatic ring is 2. The first-order valence-electron chi connectivity index (χ1n) is 3.70. The third-order valence-corrected chi connectivity index (χ3v) is 1.43. The molecule has 5 nitrogen and oxygen atoms in total. The average molecular weight is 184 g/mol. The number of hydrogen-bond donors (Lipinski definition) is 3. The van der Waals surface area contributed by atoms with Crippen molar-refractivity contribution >= 4 is 11.4 Å². The lowest BCUT2D eigenvalue weighted by molar-refractivity contribution is -0.0650. The SMILES string of the molecule is Nc1ccc(N)c(OCOCO)c1. The highest BCUT2D eigenvalue weighted by Crippen LogP contribution is 2.23. The van der Waals surface area contributed by atoms with Gasteiger partial charge in [-0.1, -0.05) is 0 Å². The molecule has 5 N–H and O–H groups in total. The predicted octanol–water partition coefficient (Wildman–Crippen LogP) is 0.154. The highest BCUT2D eigenvalue weighted by molar-refractivity contribution is 5.59. The van der Waals surface area contributed by atoms with Gasteiger partial charge in [0.15, 0.2) is 6.79 Å². The van der Waals surface area contributed by atoms with Crippen molar-refractivity contribution < 1.29 is 14.6 Å². The molecule has 1 aromatic carbocycles. The van der Waals surface area contributed by atoms with E-state index in [2.05, 4.69) is 4.74 Å². The molecule has 0 fully saturated rings. The van der Waals surface area contributed by atoms with E-state index in [1.54, 1.807) is 18.2 Å². The summed E-state index contributed by atoms with van der Waals surface area (Å²) < 4.78 is 9.64. The standard InChI is InChI=1S/C8H12N2O3/c9-6-1-2-7(10)8(3-6)13-5-12-4-11/h1-3,11H,4-5,9-10H2. The van der Waals surface area contributed by atoms with E-state index in [0.29, 0.717) is 17.1 Å². The Morgan fingerprint density at radius 3 is 2.77 bits per heavy atom. The minimum Gasteiger partial charge on any atom is -0.465 e. The van der Waals surface area contributed by atoms with Crippen LogP contribution in [0.4, 0.5) is 11.4 Å². The third-order valence-electron chi connectivity index (χ3n) is 1.43. The molecule has 1 aromatic rings. The van der Waals surface area contributed by atoms with Gasteiger partial charge in [0.05, 0.1) is 5.69 Å². The van der Waals surface area contributed by atoms with Crippen molar-refractivity contribution in [2.45, 2.75) is 0 Å². The molecule has 0 spiro atoms. The predicted molar refractivity (Wildman–Crippen MR) is 48.9 cm³/mol. The summed E-state index contributed by atoms with van der Waals surface area (Å²) in [5.74, 6) is 0.452. The zero-order valence-electron chi connectivity index (χ0n) is 7.06. The first kappa shape index (κ1) is 9.63. The number of nitrogens with two attached hydrogens (primary N) is 2. The molecule has 0 aromatic heterocycles. The summed E-state index contributed by atoms with van der Waals surface area (Å²) in [5.41, 5.74) is 12.1. The summed E-state index contributed by atoms with van der Waals surface area (Å²) in [6.45, 7) is -0.438. The van der Waals surface area contributed by atoms with E-state index in [-0.39, 0.29) is 13.6 Å². The van der Waals surface area contributed by atoms with Crippen molar-refractivity contribution in [3.8, 4) is 5.75 Å². The number of rotatable bonds is 4. The highest BCUT2D eigenvalue weighted by Gasteiger charge is 1.99. The molecule has 0 saturated heterocycles. The molecule has 5 heteroatoms. The summed E-state index contributed by atoms with van der Waals surface area (Å²) in [7, 11) is 0. The molecule has 0 unspecified atom stereocenters. The minimum atomic E-state index is -0.387. The maximum Gasteiger partial charge on any atom is 0.191 e. The van der Waals surface area contributed by atoms with Crippen LogP contribution in [-0.4, -0.2) is 18.7 Å². The van der Waals surface area contributed by atoms with Gasteiger partial charge in [-0.2, -0.15) is 0 Å². The van der Waals surface area contributed by atoms with Gasteiger partial charge >= 0.3 is 0 Å². The van der Waals surface area contributed by atoms with Crippen molar-refractivity contribution in [3.05, 3.63) is 18.2 Å². The number of aliphatic hydroxyl groups excluding tert-OH is 1. The summed E-state index contributed by atoms with van der Waals surface area (Å²) >= 11 is 0. The fourth-order valence-corrected chi connectivity index (χ4v) is 0.818. The Bertz CT molecular complexity index is 278. The molecule has 0 aliphatic heterocycles. The molecule has 72 valence electrons. The lowest BCUT2D eigenvalue weighted by atomic mass is 10.3. The number of ether oxygens (including phenoxy) is 2. The summed E-state index contributed by atoms with van der Waals surface area (Å²) in [6.07, 6.45) is 0. The Morgan fingerprint density at radius 1 is 1.31 bits per heavy atom. The molecule has 1 rings (SSSR count). The second kappa shape index (κ2) is 4.54. The number of hydrogen-bond acceptors (Lipinski definition) is 5. The van der Waals surface area contributed by atoms with E-state index in [9.17, 15) is 0 Å². The number of benzene rings is 1. The van der Waals surface area contributed by atoms with Gasteiger partial charge in [0.25, 0.3) is 0 Å². The van der Waals surface area contributed by atoms with Crippen LogP contribution in [0.5, 0.6) is 5.75 Å². The second-order valence-corrected chi connectivity index (χ2v) is 2.39. The Labute approximate surface area is 75.9 Å². The fraction of sp³-hybridized carbons (Fsp3) is 0.250. The first-order chi connectivity index (χ1) is 6.24. The lowest BCUT2D eigenvalue weighted by Crippen LogP contribution is -2.05. The quantitative estimate of drug-likeness (QED) is 0.352. The van der Waals surface area contributed by atoms with Gasteiger partial charge in [-0.25, -0.2) is 0 Å². The van der Waals surface area contributed by atoms with Gasteiger partial charge in [-0.15, -0.1) is 0 Å². The topological polar surface area (TPSA) is 90.7 Å². The van der Waals surface area contributed by atoms with Gasteiger partial charge < -0.3 is 26.0 Å². The van der Waals surface area contributed by atoms with Gasteiger partial charge in [-0.05, 0) is 12.1 Å². The van der Waals surface area contributed by atoms with E-state index in [1.807, 2.05) is 0 Å². The largest absolute Gasteiger partial charge is 0.465 e. The van der Waals surface area contributed by atoms with E-state index in [0.717, 1.165) is 0 Å². The van der Waals surface area contributed by atoms with Gasteiger partial charge in [0.1, 0.15) is 12.5 Å². The van der Waals surface area contributed by atoms with Crippen LogP contribution in [0.2, 0.25) is 0 Å². The van der Waals surface area contributed by atoms with E-state index in [1.165, 1.54) is 0 Å². The normalized spacial score (nSPS) is 9.92. The van der Waals surface area contributed by atoms with Gasteiger partial charge in [-0.3, -0.25) is 0 Å². The monoisotopic (exact) mass is 184 g/mol. The third kappa shape index (κ3) is 2.81.